The molecule has 2 rings (SSSR count). The molecule has 0 saturated carbocycles. The van der Waals surface area contributed by atoms with Crippen molar-refractivity contribution in [2.24, 2.45) is 7.05 Å². The van der Waals surface area contributed by atoms with E-state index in [-0.39, 0.29) is 11.4 Å². The molecule has 1 heterocycles. The molecule has 112 valence electrons. The van der Waals surface area contributed by atoms with Crippen molar-refractivity contribution >= 4 is 21.8 Å². The zero-order chi connectivity index (χ0) is 15.8. The van der Waals surface area contributed by atoms with Gasteiger partial charge in [-0.15, -0.1) is 0 Å². The van der Waals surface area contributed by atoms with E-state index in [1.807, 2.05) is 0 Å². The maximum absolute atomic E-state index is 13.7. The average Bonchev–Trinajstić information content (AvgIpc) is 2.67. The van der Waals surface area contributed by atoms with Crippen LogP contribution in [0.25, 0.3) is 0 Å². The van der Waals surface area contributed by atoms with Gasteiger partial charge in [-0.3, -0.25) is 9.40 Å². The minimum atomic E-state index is -4.26. The van der Waals surface area contributed by atoms with Crippen molar-refractivity contribution in [2.75, 3.05) is 4.72 Å². The van der Waals surface area contributed by atoms with Crippen LogP contribution in [0.2, 0.25) is 0 Å². The van der Waals surface area contributed by atoms with Crippen molar-refractivity contribution in [1.82, 2.24) is 9.78 Å². The van der Waals surface area contributed by atoms with Crippen molar-refractivity contribution in [3.63, 3.8) is 0 Å². The number of hydrogen-bond donors (Lipinski definition) is 2. The summed E-state index contributed by atoms with van der Waals surface area (Å²) in [6, 6.07) is 4.02. The van der Waals surface area contributed by atoms with Crippen molar-refractivity contribution in [3.05, 3.63) is 41.3 Å². The molecule has 0 aliphatic heterocycles. The molecule has 0 unspecified atom stereocenters. The lowest BCUT2D eigenvalue weighted by Gasteiger charge is -2.09. The average molecular weight is 313 g/mol. The Morgan fingerprint density at radius 1 is 1.38 bits per heavy atom. The largest absolute Gasteiger partial charge is 0.478 e. The van der Waals surface area contributed by atoms with Crippen LogP contribution >= 0.6 is 0 Å². The topological polar surface area (TPSA) is 101 Å². The van der Waals surface area contributed by atoms with E-state index in [4.69, 9.17) is 5.11 Å². The second-order valence-corrected chi connectivity index (χ2v) is 6.00. The summed E-state index contributed by atoms with van der Waals surface area (Å²) in [5.41, 5.74) is 0.257. The summed E-state index contributed by atoms with van der Waals surface area (Å²) in [4.78, 5) is 10.1. The molecule has 0 amide bonds. The van der Waals surface area contributed by atoms with E-state index in [2.05, 4.69) is 9.82 Å². The van der Waals surface area contributed by atoms with Gasteiger partial charge in [-0.25, -0.2) is 17.6 Å². The number of aromatic nitrogens is 2. The van der Waals surface area contributed by atoms with E-state index in [9.17, 15) is 17.6 Å². The normalized spacial score (nSPS) is 11.4. The number of aromatic carboxylic acids is 1. The smallest absolute Gasteiger partial charge is 0.335 e. The lowest BCUT2D eigenvalue weighted by molar-refractivity contribution is 0.0696. The van der Waals surface area contributed by atoms with Crippen LogP contribution in [0.1, 0.15) is 16.1 Å². The molecule has 7 nitrogen and oxygen atoms in total. The molecule has 0 aliphatic carbocycles. The second kappa shape index (κ2) is 5.17. The van der Waals surface area contributed by atoms with Crippen LogP contribution in [0, 0.1) is 12.7 Å². The molecule has 0 spiro atoms. The molecule has 2 aromatic rings. The number of nitrogens with one attached hydrogen (secondary N) is 1. The Balaban J connectivity index is 2.46. The minimum Gasteiger partial charge on any atom is -0.478 e. The Bertz CT molecular complexity index is 814. The van der Waals surface area contributed by atoms with Gasteiger partial charge < -0.3 is 5.11 Å². The number of aryl methyl sites for hydroxylation is 2. The maximum atomic E-state index is 13.7. The van der Waals surface area contributed by atoms with Gasteiger partial charge in [0.25, 0.3) is 10.0 Å². The monoisotopic (exact) mass is 313 g/mol. The maximum Gasteiger partial charge on any atom is 0.335 e. The number of hydrogen-bond acceptors (Lipinski definition) is 4. The summed E-state index contributed by atoms with van der Waals surface area (Å²) in [5.74, 6) is -2.23. The van der Waals surface area contributed by atoms with Crippen molar-refractivity contribution in [3.8, 4) is 0 Å². The third kappa shape index (κ3) is 3.02. The van der Waals surface area contributed by atoms with Gasteiger partial charge in [0.05, 0.1) is 11.3 Å². The van der Waals surface area contributed by atoms with E-state index in [0.717, 1.165) is 18.2 Å². The molecule has 0 saturated heterocycles. The van der Waals surface area contributed by atoms with Gasteiger partial charge in [-0.1, -0.05) is 0 Å². The number of benzene rings is 1. The fourth-order valence-corrected chi connectivity index (χ4v) is 2.92. The molecule has 0 bridgehead atoms. The number of carboxylic acids is 1. The number of anilines is 1. The van der Waals surface area contributed by atoms with Gasteiger partial charge in [-0.05, 0) is 25.1 Å². The van der Waals surface area contributed by atoms with Gasteiger partial charge in [0, 0.05) is 13.1 Å². The first-order valence-electron chi connectivity index (χ1n) is 5.77. The number of carboxylic acid groups (broad SMARTS) is 1. The Morgan fingerprint density at radius 3 is 2.57 bits per heavy atom. The summed E-state index contributed by atoms with van der Waals surface area (Å²) in [5, 5.41) is 12.8. The molecule has 1 aromatic carbocycles. The summed E-state index contributed by atoms with van der Waals surface area (Å²) in [7, 11) is -2.74. The van der Waals surface area contributed by atoms with Crippen LogP contribution in [0.4, 0.5) is 10.2 Å². The van der Waals surface area contributed by atoms with Gasteiger partial charge in [-0.2, -0.15) is 5.10 Å². The highest BCUT2D eigenvalue weighted by Crippen LogP contribution is 2.20. The number of sulfonamides is 1. The lowest BCUT2D eigenvalue weighted by Crippen LogP contribution is -2.17. The number of halogens is 1. The lowest BCUT2D eigenvalue weighted by atomic mass is 10.2. The third-order valence-corrected chi connectivity index (χ3v) is 4.08. The minimum absolute atomic E-state index is 0.146. The van der Waals surface area contributed by atoms with Crippen molar-refractivity contribution in [2.45, 2.75) is 11.8 Å². The highest BCUT2D eigenvalue weighted by Gasteiger charge is 2.22. The summed E-state index contributed by atoms with van der Waals surface area (Å²) >= 11 is 0. The Hall–Kier alpha value is -2.42. The highest BCUT2D eigenvalue weighted by molar-refractivity contribution is 7.92. The second-order valence-electron chi connectivity index (χ2n) is 4.35. The van der Waals surface area contributed by atoms with E-state index in [1.165, 1.54) is 17.8 Å². The molecule has 2 N–H and O–H groups in total. The summed E-state index contributed by atoms with van der Waals surface area (Å²) in [6.45, 7) is 1.67. The highest BCUT2D eigenvalue weighted by atomic mass is 32.2. The molecule has 0 atom stereocenters. The zero-order valence-corrected chi connectivity index (χ0v) is 12.0. The van der Waals surface area contributed by atoms with Crippen LogP contribution in [-0.2, 0) is 17.1 Å². The van der Waals surface area contributed by atoms with Crippen molar-refractivity contribution < 1.29 is 22.7 Å². The Morgan fingerprint density at radius 2 is 2.05 bits per heavy atom. The number of rotatable bonds is 4. The molecule has 0 fully saturated rings. The molecule has 0 radical (unpaired) electrons. The Labute approximate surface area is 120 Å². The first kappa shape index (κ1) is 15.0. The van der Waals surface area contributed by atoms with Crippen LogP contribution < -0.4 is 4.72 Å². The van der Waals surface area contributed by atoms with Gasteiger partial charge in [0.15, 0.2) is 0 Å². The van der Waals surface area contributed by atoms with E-state index in [0.29, 0.717) is 5.69 Å². The first-order valence-corrected chi connectivity index (χ1v) is 7.25. The fourth-order valence-electron chi connectivity index (χ4n) is 1.74. The predicted octanol–water partition coefficient (Wildman–Crippen LogP) is 1.37. The summed E-state index contributed by atoms with van der Waals surface area (Å²) in [6.07, 6.45) is 0. The van der Waals surface area contributed by atoms with Gasteiger partial charge >= 0.3 is 5.97 Å². The van der Waals surface area contributed by atoms with Gasteiger partial charge in [0.1, 0.15) is 16.5 Å². The molecule has 1 aromatic heterocycles. The van der Waals surface area contributed by atoms with E-state index < -0.39 is 26.7 Å². The number of nitrogens with zero attached hydrogens (tertiary/aromatic N) is 2. The zero-order valence-electron chi connectivity index (χ0n) is 11.2. The van der Waals surface area contributed by atoms with Crippen LogP contribution in [0.15, 0.2) is 29.2 Å². The fraction of sp³-hybridized carbons (Fsp3) is 0.167. The first-order chi connectivity index (χ1) is 9.70. The molecular formula is C12H12FN3O4S. The van der Waals surface area contributed by atoms with E-state index in [1.54, 1.807) is 6.92 Å². The Kier molecular flexibility index (Phi) is 3.69. The van der Waals surface area contributed by atoms with Crippen LogP contribution in [-0.4, -0.2) is 29.3 Å². The molecule has 21 heavy (non-hydrogen) atoms. The standard InChI is InChI=1S/C12H12FN3O4S/c1-7-5-11(16(2)14-7)15-21(19,20)10-6-8(12(17)18)3-4-9(10)13/h3-6,15H,1-2H3,(H,17,18). The van der Waals surface area contributed by atoms with Crippen molar-refractivity contribution in [1.29, 1.82) is 0 Å². The third-order valence-electron chi connectivity index (χ3n) is 2.71. The van der Waals surface area contributed by atoms with Crippen LogP contribution in [0.3, 0.4) is 0 Å². The SMILES string of the molecule is Cc1cc(NS(=O)(=O)c2cc(C(=O)O)ccc2F)n(C)n1. The predicted molar refractivity (Wildman–Crippen MR) is 72.1 cm³/mol. The molecule has 9 heteroatoms. The molecule has 0 aliphatic rings. The number of carbonyl (C=O) groups is 1. The van der Waals surface area contributed by atoms with E-state index >= 15 is 0 Å². The quantitative estimate of drug-likeness (QED) is 0.887. The summed E-state index contributed by atoms with van der Waals surface area (Å²) < 4.78 is 41.5. The van der Waals surface area contributed by atoms with Crippen LogP contribution in [0.5, 0.6) is 0 Å². The van der Waals surface area contributed by atoms with Gasteiger partial charge in [0.2, 0.25) is 0 Å². The molecular weight excluding hydrogens is 301 g/mol.